The molecule has 96 valence electrons. The van der Waals surface area contributed by atoms with E-state index < -0.39 is 25.2 Å². The molecule has 0 aromatic carbocycles. The van der Waals surface area contributed by atoms with E-state index in [1.807, 2.05) is 6.92 Å². The van der Waals surface area contributed by atoms with Gasteiger partial charge >= 0.3 is 7.60 Å². The molecule has 4 nitrogen and oxygen atoms in total. The molecule has 0 saturated carbocycles. The second-order valence-electron chi connectivity index (χ2n) is 3.94. The molecule has 0 aliphatic heterocycles. The molecule has 0 heterocycles. The summed E-state index contributed by atoms with van der Waals surface area (Å²) < 4.78 is 29.6. The maximum Gasteiger partial charge on any atom is 0.335 e. The molecule has 0 spiro atoms. The second-order valence-corrected chi connectivity index (χ2v) is 5.79. The molecule has 16 heavy (non-hydrogen) atoms. The largest absolute Gasteiger partial charge is 0.335 e. The van der Waals surface area contributed by atoms with E-state index >= 15 is 0 Å². The highest BCUT2D eigenvalue weighted by atomic mass is 31.2. The number of rotatable bonds is 8. The molecule has 0 aliphatic rings. The quantitative estimate of drug-likeness (QED) is 0.676. The average molecular weight is 254 g/mol. The minimum absolute atomic E-state index is 0.0268. The average Bonchev–Trinajstić information content (AvgIpc) is 2.13. The van der Waals surface area contributed by atoms with E-state index in [2.05, 4.69) is 4.52 Å². The van der Waals surface area contributed by atoms with Crippen molar-refractivity contribution in [3.8, 4) is 0 Å². The molecule has 0 saturated heterocycles. The molecule has 6 heteroatoms. The lowest BCUT2D eigenvalue weighted by molar-refractivity contribution is -0.127. The molecule has 0 radical (unpaired) electrons. The third-order valence-electron chi connectivity index (χ3n) is 2.26. The van der Waals surface area contributed by atoms with Crippen LogP contribution in [0, 0.1) is 0 Å². The fraction of sp³-hybridized carbons (Fsp3) is 0.900. The summed E-state index contributed by atoms with van der Waals surface area (Å²) >= 11 is 0. The van der Waals surface area contributed by atoms with Gasteiger partial charge in [0.2, 0.25) is 0 Å². The van der Waals surface area contributed by atoms with Crippen molar-refractivity contribution in [2.24, 2.45) is 0 Å². The molecule has 1 N–H and O–H groups in total. The fourth-order valence-corrected chi connectivity index (χ4v) is 2.43. The van der Waals surface area contributed by atoms with Crippen molar-refractivity contribution in [2.45, 2.75) is 45.7 Å². The van der Waals surface area contributed by atoms with Crippen LogP contribution in [0.3, 0.4) is 0 Å². The number of halogens is 1. The number of unbranched alkanes of at least 4 members (excludes halogenated alkanes) is 1. The molecule has 0 fully saturated rings. The topological polar surface area (TPSA) is 63.6 Å². The van der Waals surface area contributed by atoms with E-state index in [-0.39, 0.29) is 13.0 Å². The Kier molecular flexibility index (Phi) is 6.38. The third kappa shape index (κ3) is 5.73. The normalized spacial score (nSPS) is 18.8. The highest BCUT2D eigenvalue weighted by molar-refractivity contribution is 7.53. The Balaban J connectivity index is 4.39. The lowest BCUT2D eigenvalue weighted by Crippen LogP contribution is -2.32. The van der Waals surface area contributed by atoms with Crippen LogP contribution >= 0.6 is 7.60 Å². The summed E-state index contributed by atoms with van der Waals surface area (Å²) in [4.78, 5) is 20.7. The minimum Gasteiger partial charge on any atom is -0.324 e. The Hall–Kier alpha value is -0.250. The first-order chi connectivity index (χ1) is 7.25. The molecule has 2 atom stereocenters. The molecule has 2 unspecified atom stereocenters. The molecule has 0 aromatic rings. The van der Waals surface area contributed by atoms with Gasteiger partial charge in [0.1, 0.15) is 6.16 Å². The second kappa shape index (κ2) is 6.48. The Morgan fingerprint density at radius 1 is 1.50 bits per heavy atom. The van der Waals surface area contributed by atoms with E-state index in [4.69, 9.17) is 0 Å². The van der Waals surface area contributed by atoms with Crippen LogP contribution in [0.2, 0.25) is 0 Å². The van der Waals surface area contributed by atoms with Crippen LogP contribution in [0.5, 0.6) is 0 Å². The van der Waals surface area contributed by atoms with Crippen LogP contribution in [-0.2, 0) is 13.9 Å². The zero-order valence-electron chi connectivity index (χ0n) is 10.0. The number of hydrogen-bond donors (Lipinski definition) is 1. The molecule has 0 bridgehead atoms. The highest BCUT2D eigenvalue weighted by Crippen LogP contribution is 2.43. The van der Waals surface area contributed by atoms with Gasteiger partial charge in [0.05, 0.1) is 6.61 Å². The van der Waals surface area contributed by atoms with E-state index in [1.165, 1.54) is 0 Å². The zero-order chi connectivity index (χ0) is 12.8. The molecule has 0 aliphatic carbocycles. The van der Waals surface area contributed by atoms with Crippen molar-refractivity contribution in [3.63, 3.8) is 0 Å². The van der Waals surface area contributed by atoms with Crippen molar-refractivity contribution >= 4 is 13.4 Å². The summed E-state index contributed by atoms with van der Waals surface area (Å²) in [5.74, 6) is -0.861. The van der Waals surface area contributed by atoms with Crippen molar-refractivity contribution in [1.82, 2.24) is 0 Å². The number of hydrogen-bond acceptors (Lipinski definition) is 3. The van der Waals surface area contributed by atoms with Gasteiger partial charge in [0, 0.05) is 0 Å². The Bertz CT molecular complexity index is 278. The molecule has 0 aromatic heterocycles. The summed E-state index contributed by atoms with van der Waals surface area (Å²) in [6.07, 6.45) is 0.671. The number of ketones is 1. The van der Waals surface area contributed by atoms with Gasteiger partial charge in [0.25, 0.3) is 0 Å². The number of Topliss-reactive ketones (excluding diaryl/α,β-unsaturated/α-hetero) is 1. The summed E-state index contributed by atoms with van der Waals surface area (Å²) in [7, 11) is -3.97. The smallest absolute Gasteiger partial charge is 0.324 e. The van der Waals surface area contributed by atoms with Gasteiger partial charge in [0.15, 0.2) is 11.5 Å². The van der Waals surface area contributed by atoms with Crippen LogP contribution in [0.4, 0.5) is 4.39 Å². The van der Waals surface area contributed by atoms with E-state index in [9.17, 15) is 18.6 Å². The van der Waals surface area contributed by atoms with E-state index in [0.717, 1.165) is 13.3 Å². The monoisotopic (exact) mass is 254 g/mol. The van der Waals surface area contributed by atoms with Crippen LogP contribution in [0.1, 0.15) is 40.0 Å². The van der Waals surface area contributed by atoms with Gasteiger partial charge in [-0.2, -0.15) is 0 Å². The standard InChI is InChI=1S/C10H20FO4P/c1-4-6-7-10(3,11)9(12)8-16(13,14)15-5-2/h4-8H2,1-3H3,(H,13,14). The number of carbonyl (C=O) groups is 1. The zero-order valence-corrected chi connectivity index (χ0v) is 10.9. The number of alkyl halides is 1. The van der Waals surface area contributed by atoms with Crippen LogP contribution in [-0.4, -0.2) is 29.1 Å². The fourth-order valence-electron chi connectivity index (χ4n) is 1.24. The predicted octanol–water partition coefficient (Wildman–Crippen LogP) is 2.70. The lowest BCUT2D eigenvalue weighted by atomic mass is 9.97. The Labute approximate surface area is 95.7 Å². The summed E-state index contributed by atoms with van der Waals surface area (Å²) in [6, 6.07) is 0. The van der Waals surface area contributed by atoms with Gasteiger partial charge in [-0.25, -0.2) is 4.39 Å². The summed E-state index contributed by atoms with van der Waals surface area (Å²) in [6.45, 7) is 4.60. The first-order valence-corrected chi connectivity index (χ1v) is 7.20. The molecule has 0 amide bonds. The van der Waals surface area contributed by atoms with Gasteiger partial charge < -0.3 is 9.42 Å². The van der Waals surface area contributed by atoms with Crippen molar-refractivity contribution in [3.05, 3.63) is 0 Å². The van der Waals surface area contributed by atoms with E-state index in [1.54, 1.807) is 6.92 Å². The van der Waals surface area contributed by atoms with Gasteiger partial charge in [-0.3, -0.25) is 9.36 Å². The van der Waals surface area contributed by atoms with Crippen LogP contribution < -0.4 is 0 Å². The molecular formula is C10H20FO4P. The van der Waals surface area contributed by atoms with Crippen LogP contribution in [0.25, 0.3) is 0 Å². The first-order valence-electron chi connectivity index (χ1n) is 5.43. The van der Waals surface area contributed by atoms with Gasteiger partial charge in [-0.15, -0.1) is 0 Å². The lowest BCUT2D eigenvalue weighted by Gasteiger charge is -2.20. The maximum atomic E-state index is 13.8. The van der Waals surface area contributed by atoms with Gasteiger partial charge in [-0.05, 0) is 20.3 Å². The van der Waals surface area contributed by atoms with Crippen LogP contribution in [0.15, 0.2) is 0 Å². The maximum absolute atomic E-state index is 13.8. The van der Waals surface area contributed by atoms with Crippen molar-refractivity contribution in [1.29, 1.82) is 0 Å². The Morgan fingerprint density at radius 2 is 2.06 bits per heavy atom. The number of carbonyl (C=O) groups excluding carboxylic acids is 1. The minimum atomic E-state index is -3.97. The van der Waals surface area contributed by atoms with Gasteiger partial charge in [-0.1, -0.05) is 19.8 Å². The highest BCUT2D eigenvalue weighted by Gasteiger charge is 2.37. The first kappa shape index (κ1) is 15.8. The molecular weight excluding hydrogens is 234 g/mol. The summed E-state index contributed by atoms with van der Waals surface area (Å²) in [5.41, 5.74) is -2.04. The third-order valence-corrected chi connectivity index (χ3v) is 3.60. The SMILES string of the molecule is CCCCC(C)(F)C(=O)CP(=O)(O)OCC. The molecule has 0 rings (SSSR count). The van der Waals surface area contributed by atoms with Crippen molar-refractivity contribution < 1.29 is 23.2 Å². The summed E-state index contributed by atoms with van der Waals surface area (Å²) in [5, 5.41) is 0. The Morgan fingerprint density at radius 3 is 2.50 bits per heavy atom. The predicted molar refractivity (Wildman–Crippen MR) is 60.4 cm³/mol. The van der Waals surface area contributed by atoms with Crippen molar-refractivity contribution in [2.75, 3.05) is 12.8 Å². The van der Waals surface area contributed by atoms with E-state index in [0.29, 0.717) is 6.42 Å².